The van der Waals surface area contributed by atoms with E-state index in [9.17, 15) is 12.8 Å². The van der Waals surface area contributed by atoms with Crippen molar-refractivity contribution in [3.63, 3.8) is 0 Å². The van der Waals surface area contributed by atoms with Gasteiger partial charge in [0.25, 0.3) is 10.0 Å². The van der Waals surface area contributed by atoms with Crippen LogP contribution < -0.4 is 18.5 Å². The fourth-order valence-electron chi connectivity index (χ4n) is 3.03. The van der Waals surface area contributed by atoms with Crippen LogP contribution in [-0.4, -0.2) is 22.3 Å². The lowest BCUT2D eigenvalue weighted by atomic mass is 10.2. The molecule has 3 aromatic rings. The van der Waals surface area contributed by atoms with Gasteiger partial charge in [-0.1, -0.05) is 12.1 Å². The molecule has 0 aromatic heterocycles. The fraction of sp³-hybridized carbons (Fsp3) is 0.143. The molecule has 3 aromatic carbocycles. The summed E-state index contributed by atoms with van der Waals surface area (Å²) >= 11 is 0. The highest BCUT2D eigenvalue weighted by Crippen LogP contribution is 2.37. The summed E-state index contributed by atoms with van der Waals surface area (Å²) in [6, 6.07) is 16.8. The number of nitrogens with zero attached hydrogens (tertiary/aromatic N) is 1. The first-order valence-electron chi connectivity index (χ1n) is 8.78. The van der Waals surface area contributed by atoms with Crippen LogP contribution in [0.3, 0.4) is 0 Å². The van der Waals surface area contributed by atoms with Crippen LogP contribution in [0.4, 0.5) is 10.1 Å². The molecule has 29 heavy (non-hydrogen) atoms. The average molecular weight is 415 g/mol. The predicted molar refractivity (Wildman–Crippen MR) is 105 cm³/mol. The number of anilines is 1. The molecule has 8 heteroatoms. The van der Waals surface area contributed by atoms with Crippen LogP contribution in [0.25, 0.3) is 0 Å². The molecule has 0 spiro atoms. The van der Waals surface area contributed by atoms with Gasteiger partial charge in [0.15, 0.2) is 11.5 Å². The maximum atomic E-state index is 13.7. The summed E-state index contributed by atoms with van der Waals surface area (Å²) in [5, 5.41) is 0. The van der Waals surface area contributed by atoms with Crippen LogP contribution in [0.1, 0.15) is 5.56 Å². The maximum absolute atomic E-state index is 13.7. The molecule has 0 saturated heterocycles. The number of fused-ring (bicyclic) bond motifs is 1. The lowest BCUT2D eigenvalue weighted by Gasteiger charge is -2.25. The standard InChI is InChI=1S/C21H18FNO5S/c1-26-18-6-8-19(9-7-18)29(24,25)23(13-15-3-2-4-16(22)11-15)17-5-10-20-21(12-17)28-14-27-20/h2-12H,13-14H2,1H3. The van der Waals surface area contributed by atoms with E-state index < -0.39 is 15.8 Å². The zero-order valence-electron chi connectivity index (χ0n) is 15.5. The molecule has 0 amide bonds. The van der Waals surface area contributed by atoms with Gasteiger partial charge in [-0.3, -0.25) is 4.31 Å². The van der Waals surface area contributed by atoms with E-state index >= 15 is 0 Å². The number of halogens is 1. The Morgan fingerprint density at radius 3 is 2.48 bits per heavy atom. The van der Waals surface area contributed by atoms with Crippen molar-refractivity contribution in [2.45, 2.75) is 11.4 Å². The first kappa shape index (κ1) is 19.1. The molecule has 150 valence electrons. The topological polar surface area (TPSA) is 65.1 Å². The van der Waals surface area contributed by atoms with Gasteiger partial charge >= 0.3 is 0 Å². The fourth-order valence-corrected chi connectivity index (χ4v) is 4.48. The Balaban J connectivity index is 1.78. The van der Waals surface area contributed by atoms with E-state index in [0.717, 1.165) is 0 Å². The average Bonchev–Trinajstić information content (AvgIpc) is 3.20. The van der Waals surface area contributed by atoms with Gasteiger partial charge in [-0.05, 0) is 54.1 Å². The van der Waals surface area contributed by atoms with E-state index in [1.807, 2.05) is 0 Å². The van der Waals surface area contributed by atoms with E-state index in [0.29, 0.717) is 28.5 Å². The van der Waals surface area contributed by atoms with Crippen molar-refractivity contribution in [2.75, 3.05) is 18.2 Å². The number of methoxy groups -OCH3 is 1. The first-order valence-corrected chi connectivity index (χ1v) is 10.2. The molecule has 0 atom stereocenters. The smallest absolute Gasteiger partial charge is 0.264 e. The molecule has 1 aliphatic heterocycles. The lowest BCUT2D eigenvalue weighted by Crippen LogP contribution is -2.30. The predicted octanol–water partition coefficient (Wildman–Crippen LogP) is 3.96. The van der Waals surface area contributed by atoms with Gasteiger partial charge in [-0.15, -0.1) is 0 Å². The Morgan fingerprint density at radius 2 is 1.76 bits per heavy atom. The van der Waals surface area contributed by atoms with Crippen LogP contribution in [0.5, 0.6) is 17.2 Å². The molecular weight excluding hydrogens is 397 g/mol. The van der Waals surface area contributed by atoms with Crippen LogP contribution in [0, 0.1) is 5.82 Å². The van der Waals surface area contributed by atoms with Crippen LogP contribution in [0.2, 0.25) is 0 Å². The van der Waals surface area contributed by atoms with E-state index in [1.165, 1.54) is 35.7 Å². The first-order chi connectivity index (χ1) is 14.0. The Labute approximate surface area is 168 Å². The van der Waals surface area contributed by atoms with Crippen LogP contribution in [-0.2, 0) is 16.6 Å². The Bertz CT molecular complexity index is 1130. The molecular formula is C21H18FNO5S. The molecule has 1 heterocycles. The van der Waals surface area contributed by atoms with Crippen molar-refractivity contribution < 1.29 is 27.0 Å². The summed E-state index contributed by atoms with van der Waals surface area (Å²) in [4.78, 5) is 0.0902. The third-order valence-corrected chi connectivity index (χ3v) is 6.29. The summed E-state index contributed by atoms with van der Waals surface area (Å²) in [6.45, 7) is 0.0275. The summed E-state index contributed by atoms with van der Waals surface area (Å²) < 4.78 is 57.6. The van der Waals surface area contributed by atoms with E-state index in [-0.39, 0.29) is 18.2 Å². The summed E-state index contributed by atoms with van der Waals surface area (Å²) in [5.41, 5.74) is 0.897. The second kappa shape index (κ2) is 7.63. The zero-order valence-corrected chi connectivity index (χ0v) is 16.4. The number of hydrogen-bond donors (Lipinski definition) is 0. The SMILES string of the molecule is COc1ccc(S(=O)(=O)N(Cc2cccc(F)c2)c2ccc3c(c2)OCO3)cc1. The molecule has 0 aliphatic carbocycles. The zero-order chi connectivity index (χ0) is 20.4. The third kappa shape index (κ3) is 3.84. The second-order valence-corrected chi connectivity index (χ2v) is 8.22. The summed E-state index contributed by atoms with van der Waals surface area (Å²) in [5.74, 6) is 1.11. The van der Waals surface area contributed by atoms with Crippen molar-refractivity contribution in [3.05, 3.63) is 78.1 Å². The highest BCUT2D eigenvalue weighted by Gasteiger charge is 2.27. The normalized spacial score (nSPS) is 12.6. The van der Waals surface area contributed by atoms with Gasteiger partial charge in [0.05, 0.1) is 24.2 Å². The molecule has 0 fully saturated rings. The number of ether oxygens (including phenoxy) is 3. The van der Waals surface area contributed by atoms with Crippen molar-refractivity contribution in [1.82, 2.24) is 0 Å². The third-order valence-electron chi connectivity index (χ3n) is 4.51. The van der Waals surface area contributed by atoms with Gasteiger partial charge in [0.1, 0.15) is 11.6 Å². The lowest BCUT2D eigenvalue weighted by molar-refractivity contribution is 0.174. The highest BCUT2D eigenvalue weighted by molar-refractivity contribution is 7.92. The van der Waals surface area contributed by atoms with Crippen molar-refractivity contribution in [3.8, 4) is 17.2 Å². The number of benzene rings is 3. The van der Waals surface area contributed by atoms with Crippen LogP contribution in [0.15, 0.2) is 71.6 Å². The molecule has 0 bridgehead atoms. The van der Waals surface area contributed by atoms with E-state index in [2.05, 4.69) is 0 Å². The molecule has 0 saturated carbocycles. The van der Waals surface area contributed by atoms with Crippen molar-refractivity contribution in [1.29, 1.82) is 0 Å². The summed E-state index contributed by atoms with van der Waals surface area (Å²) in [7, 11) is -2.44. The number of rotatable bonds is 6. The summed E-state index contributed by atoms with van der Waals surface area (Å²) in [6.07, 6.45) is 0. The number of hydrogen-bond acceptors (Lipinski definition) is 5. The largest absolute Gasteiger partial charge is 0.497 e. The minimum atomic E-state index is -3.95. The van der Waals surface area contributed by atoms with Gasteiger partial charge in [-0.25, -0.2) is 12.8 Å². The van der Waals surface area contributed by atoms with Gasteiger partial charge in [-0.2, -0.15) is 0 Å². The minimum absolute atomic E-state index is 0.0498. The Morgan fingerprint density at radius 1 is 1.00 bits per heavy atom. The van der Waals surface area contributed by atoms with Gasteiger partial charge in [0, 0.05) is 6.07 Å². The van der Waals surface area contributed by atoms with Gasteiger partial charge < -0.3 is 14.2 Å². The molecule has 0 N–H and O–H groups in total. The van der Waals surface area contributed by atoms with Gasteiger partial charge in [0.2, 0.25) is 6.79 Å². The molecule has 0 unspecified atom stereocenters. The number of sulfonamides is 1. The van der Waals surface area contributed by atoms with Crippen molar-refractivity contribution >= 4 is 15.7 Å². The van der Waals surface area contributed by atoms with Crippen LogP contribution >= 0.6 is 0 Å². The Hall–Kier alpha value is -3.26. The van der Waals surface area contributed by atoms with E-state index in [4.69, 9.17) is 14.2 Å². The molecule has 1 aliphatic rings. The molecule has 6 nitrogen and oxygen atoms in total. The van der Waals surface area contributed by atoms with E-state index in [1.54, 1.807) is 42.5 Å². The highest BCUT2D eigenvalue weighted by atomic mass is 32.2. The second-order valence-electron chi connectivity index (χ2n) is 6.35. The van der Waals surface area contributed by atoms with Crippen molar-refractivity contribution in [2.24, 2.45) is 0 Å². The maximum Gasteiger partial charge on any atom is 0.264 e. The molecule has 0 radical (unpaired) electrons. The minimum Gasteiger partial charge on any atom is -0.497 e. The quantitative estimate of drug-likeness (QED) is 0.610. The molecule has 4 rings (SSSR count). The Kier molecular flexibility index (Phi) is 5.02. The monoisotopic (exact) mass is 415 g/mol.